The van der Waals surface area contributed by atoms with Crippen LogP contribution in [0.25, 0.3) is 0 Å². The summed E-state index contributed by atoms with van der Waals surface area (Å²) in [7, 11) is 0. The third kappa shape index (κ3) is 2.09. The van der Waals surface area contributed by atoms with Gasteiger partial charge < -0.3 is 0 Å². The Bertz CT molecular complexity index is 318. The largest absolute Gasteiger partial charge is 0.107 e. The molecule has 0 radical (unpaired) electrons. The van der Waals surface area contributed by atoms with E-state index in [1.165, 1.54) is 0 Å². The first-order valence-electron chi connectivity index (χ1n) is 6.91. The molecule has 0 saturated heterocycles. The van der Waals surface area contributed by atoms with E-state index in [1.807, 2.05) is 0 Å². The fraction of sp³-hybridized carbons (Fsp3) is 0.882. The molecule has 18 heavy (non-hydrogen) atoms. The van der Waals surface area contributed by atoms with Crippen LogP contribution in [0.1, 0.15) is 69.2 Å². The predicted molar refractivity (Wildman–Crippen MR) is 93.5 cm³/mol. The fourth-order valence-corrected chi connectivity index (χ4v) is 4.76. The minimum Gasteiger partial charge on any atom is -0.107 e. The summed E-state index contributed by atoms with van der Waals surface area (Å²) in [6.07, 6.45) is 4.97. The molecule has 108 valence electrons. The maximum absolute atomic E-state index is 2.52. The van der Waals surface area contributed by atoms with Crippen LogP contribution >= 0.6 is 24.0 Å². The van der Waals surface area contributed by atoms with Crippen molar-refractivity contribution in [1.82, 2.24) is 0 Å². The normalized spacial score (nSPS) is 24.8. The maximum Gasteiger partial charge on any atom is 0.00380 e. The number of halogens is 1. The zero-order valence-corrected chi connectivity index (χ0v) is 16.4. The number of hydrogen-bond donors (Lipinski definition) is 0. The van der Waals surface area contributed by atoms with Gasteiger partial charge in [0, 0.05) is 5.41 Å². The lowest BCUT2D eigenvalue weighted by molar-refractivity contribution is -0.113. The summed E-state index contributed by atoms with van der Waals surface area (Å²) in [6.45, 7) is 24.0. The van der Waals surface area contributed by atoms with E-state index in [4.69, 9.17) is 0 Å². The monoisotopic (exact) mass is 364 g/mol. The van der Waals surface area contributed by atoms with Gasteiger partial charge in [-0.15, -0.1) is 24.0 Å². The van der Waals surface area contributed by atoms with Crippen LogP contribution in [0.4, 0.5) is 0 Å². The topological polar surface area (TPSA) is 0 Å². The Labute approximate surface area is 132 Å². The highest BCUT2D eigenvalue weighted by Gasteiger charge is 2.64. The first-order chi connectivity index (χ1) is 7.21. The molecule has 0 atom stereocenters. The third-order valence-electron chi connectivity index (χ3n) is 5.71. The molecule has 0 aromatic rings. The summed E-state index contributed by atoms with van der Waals surface area (Å²) >= 11 is 0. The lowest BCUT2D eigenvalue weighted by Gasteiger charge is -2.61. The van der Waals surface area contributed by atoms with E-state index < -0.39 is 0 Å². The van der Waals surface area contributed by atoms with E-state index in [-0.39, 0.29) is 51.1 Å². The van der Waals surface area contributed by atoms with Crippen molar-refractivity contribution in [2.45, 2.75) is 69.2 Å². The van der Waals surface area contributed by atoms with Gasteiger partial charge in [0.25, 0.3) is 0 Å². The van der Waals surface area contributed by atoms with Crippen LogP contribution in [0.2, 0.25) is 0 Å². The number of hydrogen-bond acceptors (Lipinski definition) is 0. The van der Waals surface area contributed by atoms with Crippen molar-refractivity contribution >= 4 is 24.0 Å². The van der Waals surface area contributed by atoms with Gasteiger partial charge in [0.2, 0.25) is 0 Å². The van der Waals surface area contributed by atoms with Gasteiger partial charge in [-0.2, -0.15) is 0 Å². The molecule has 1 rings (SSSR count). The quantitative estimate of drug-likeness (QED) is 0.349. The molecule has 0 aromatic heterocycles. The molecule has 0 fully saturated rings. The van der Waals surface area contributed by atoms with Crippen molar-refractivity contribution in [2.75, 3.05) is 0 Å². The Hall–Kier alpha value is 0.470. The average Bonchev–Trinajstić information content (AvgIpc) is 2.15. The maximum atomic E-state index is 2.52. The first-order valence-corrected chi connectivity index (χ1v) is 6.91. The van der Waals surface area contributed by atoms with E-state index in [0.29, 0.717) is 0 Å². The molecule has 0 saturated carbocycles. The van der Waals surface area contributed by atoms with Gasteiger partial charge in [-0.05, 0) is 21.7 Å². The minimum absolute atomic E-state index is 0. The molecule has 1 aliphatic rings. The van der Waals surface area contributed by atoms with E-state index >= 15 is 0 Å². The van der Waals surface area contributed by atoms with Gasteiger partial charge in [0.1, 0.15) is 0 Å². The van der Waals surface area contributed by atoms with Crippen LogP contribution in [0, 0.1) is 27.1 Å². The van der Waals surface area contributed by atoms with Crippen molar-refractivity contribution in [3.63, 3.8) is 0 Å². The molecular formula is C17H33I. The predicted octanol–water partition coefficient (Wildman–Crippen LogP) is 6.31. The average molecular weight is 364 g/mol. The number of rotatable bonds is 0. The molecule has 0 aliphatic heterocycles. The summed E-state index contributed by atoms with van der Waals surface area (Å²) < 4.78 is 0. The molecule has 0 heterocycles. The van der Waals surface area contributed by atoms with Crippen LogP contribution in [-0.4, -0.2) is 0 Å². The molecule has 0 unspecified atom stereocenters. The highest BCUT2D eigenvalue weighted by atomic mass is 127. The summed E-state index contributed by atoms with van der Waals surface area (Å²) in [5.41, 5.74) is 1.26. The van der Waals surface area contributed by atoms with E-state index in [0.717, 1.165) is 0 Å². The van der Waals surface area contributed by atoms with Crippen LogP contribution in [-0.2, 0) is 0 Å². The summed E-state index contributed by atoms with van der Waals surface area (Å²) in [5.74, 6) is 0. The standard InChI is InChI=1S/C17H32.HI/c1-13(2,3)17(14(4,5)6)12-11-15(7,8)16(17,9)10;/h11-12H,1-10H3;1H. The van der Waals surface area contributed by atoms with Crippen LogP contribution in [0.15, 0.2) is 12.2 Å². The van der Waals surface area contributed by atoms with Crippen LogP contribution < -0.4 is 0 Å². The molecule has 0 N–H and O–H groups in total. The Morgan fingerprint density at radius 2 is 1.00 bits per heavy atom. The van der Waals surface area contributed by atoms with Gasteiger partial charge in [-0.1, -0.05) is 81.4 Å². The SMILES string of the molecule is CC(C)(C)C1(C(C)(C)C)C=CC(C)(C)C1(C)C.I. The summed E-state index contributed by atoms with van der Waals surface area (Å²) in [4.78, 5) is 0. The summed E-state index contributed by atoms with van der Waals surface area (Å²) in [5, 5.41) is 0. The Kier molecular flexibility index (Phi) is 4.61. The molecule has 1 heteroatoms. The van der Waals surface area contributed by atoms with Gasteiger partial charge >= 0.3 is 0 Å². The van der Waals surface area contributed by atoms with Crippen LogP contribution in [0.5, 0.6) is 0 Å². The van der Waals surface area contributed by atoms with Crippen LogP contribution in [0.3, 0.4) is 0 Å². The second-order valence-corrected chi connectivity index (χ2v) is 8.99. The molecule has 0 aromatic carbocycles. The molecular weight excluding hydrogens is 331 g/mol. The zero-order valence-electron chi connectivity index (χ0n) is 14.1. The summed E-state index contributed by atoms with van der Waals surface area (Å²) in [6, 6.07) is 0. The van der Waals surface area contributed by atoms with Gasteiger partial charge in [-0.3, -0.25) is 0 Å². The highest BCUT2D eigenvalue weighted by Crippen LogP contribution is 2.70. The number of allylic oxidation sites excluding steroid dienone is 2. The Morgan fingerprint density at radius 3 is 1.11 bits per heavy atom. The Morgan fingerprint density at radius 1 is 0.667 bits per heavy atom. The lowest BCUT2D eigenvalue weighted by Crippen LogP contribution is -2.56. The zero-order chi connectivity index (χ0) is 13.9. The molecule has 0 nitrogen and oxygen atoms in total. The highest BCUT2D eigenvalue weighted by molar-refractivity contribution is 14.0. The Balaban J connectivity index is 0.00000289. The van der Waals surface area contributed by atoms with Crippen molar-refractivity contribution in [2.24, 2.45) is 27.1 Å². The molecule has 0 spiro atoms. The van der Waals surface area contributed by atoms with Crippen molar-refractivity contribution < 1.29 is 0 Å². The van der Waals surface area contributed by atoms with E-state index in [1.54, 1.807) is 0 Å². The third-order valence-corrected chi connectivity index (χ3v) is 5.71. The van der Waals surface area contributed by atoms with E-state index in [2.05, 4.69) is 81.4 Å². The smallest absolute Gasteiger partial charge is 0.00380 e. The van der Waals surface area contributed by atoms with Gasteiger partial charge in [0.05, 0.1) is 0 Å². The molecule has 0 bridgehead atoms. The fourth-order valence-electron chi connectivity index (χ4n) is 4.76. The van der Waals surface area contributed by atoms with Gasteiger partial charge in [0.15, 0.2) is 0 Å². The molecule has 0 amide bonds. The second kappa shape index (κ2) is 4.49. The van der Waals surface area contributed by atoms with Crippen molar-refractivity contribution in [3.8, 4) is 0 Å². The lowest BCUT2D eigenvalue weighted by atomic mass is 9.42. The van der Waals surface area contributed by atoms with Crippen molar-refractivity contribution in [1.29, 1.82) is 0 Å². The minimum atomic E-state index is 0. The van der Waals surface area contributed by atoms with Gasteiger partial charge in [-0.25, -0.2) is 0 Å². The molecule has 1 aliphatic carbocycles. The van der Waals surface area contributed by atoms with Crippen molar-refractivity contribution in [3.05, 3.63) is 12.2 Å². The second-order valence-electron chi connectivity index (χ2n) is 8.99. The first kappa shape index (κ1) is 18.5. The van der Waals surface area contributed by atoms with E-state index in [9.17, 15) is 0 Å².